The number of aliphatic hydroxyl groups is 1. The highest BCUT2D eigenvalue weighted by Gasteiger charge is 2.61. The molecule has 1 aromatic heterocycles. The van der Waals surface area contributed by atoms with Gasteiger partial charge in [0.2, 0.25) is 11.9 Å². The lowest BCUT2D eigenvalue weighted by Gasteiger charge is -2.25. The van der Waals surface area contributed by atoms with Gasteiger partial charge in [-0.15, -0.1) is 0 Å². The number of phosphoric ester groups is 1. The molecular formula is C12H17F2N4O13P3. The molecule has 3 unspecified atom stereocenters. The first-order chi connectivity index (χ1) is 15.4. The van der Waals surface area contributed by atoms with E-state index in [-0.39, 0.29) is 10.5 Å². The van der Waals surface area contributed by atoms with Crippen molar-refractivity contribution >= 4 is 29.3 Å². The van der Waals surface area contributed by atoms with Crippen molar-refractivity contribution in [2.45, 2.75) is 37.1 Å². The number of alkyl halides is 2. The summed E-state index contributed by atoms with van der Waals surface area (Å²) in [5, 5.41) is 13.9. The lowest BCUT2D eigenvalue weighted by atomic mass is 9.94. The maximum atomic E-state index is 15.6. The van der Waals surface area contributed by atoms with E-state index < -0.39 is 66.0 Å². The van der Waals surface area contributed by atoms with E-state index in [1.54, 1.807) is 11.8 Å². The smallest absolute Gasteiger partial charge is 0.386 e. The van der Waals surface area contributed by atoms with Gasteiger partial charge in [0.1, 0.15) is 24.7 Å². The number of nitrogen functional groups attached to an aromatic ring is 1. The van der Waals surface area contributed by atoms with Crippen molar-refractivity contribution in [2.24, 2.45) is 0 Å². The van der Waals surface area contributed by atoms with Gasteiger partial charge in [0.15, 0.2) is 0 Å². The number of anilines is 1. The third-order valence-corrected chi connectivity index (χ3v) is 7.80. The molecule has 1 saturated heterocycles. The lowest BCUT2D eigenvalue weighted by Crippen LogP contribution is -2.46. The number of hydrogen-bond acceptors (Lipinski definition) is 12. The molecule has 0 aromatic carbocycles. The van der Waals surface area contributed by atoms with Crippen LogP contribution in [0.5, 0.6) is 0 Å². The Morgan fingerprint density at radius 2 is 1.91 bits per heavy atom. The van der Waals surface area contributed by atoms with Gasteiger partial charge in [-0.05, 0) is 6.92 Å². The number of rotatable bonds is 8. The largest absolute Gasteiger partial charge is 0.490 e. The van der Waals surface area contributed by atoms with Crippen LogP contribution >= 0.6 is 23.5 Å². The van der Waals surface area contributed by atoms with Crippen LogP contribution in [0, 0.1) is 11.8 Å². The molecule has 0 spiro atoms. The van der Waals surface area contributed by atoms with Gasteiger partial charge in [-0.25, -0.2) is 27.3 Å². The van der Waals surface area contributed by atoms with E-state index in [1.807, 2.05) is 0 Å². The number of phosphoric acid groups is 3. The maximum absolute atomic E-state index is 15.6. The molecule has 2 rings (SSSR count). The lowest BCUT2D eigenvalue weighted by molar-refractivity contribution is -0.0828. The first kappa shape index (κ1) is 28.6. The van der Waals surface area contributed by atoms with Crippen LogP contribution in [0.3, 0.4) is 0 Å². The molecule has 17 nitrogen and oxygen atoms in total. The molecule has 1 aliphatic heterocycles. The van der Waals surface area contributed by atoms with E-state index >= 15 is 4.39 Å². The van der Waals surface area contributed by atoms with Crippen molar-refractivity contribution < 1.29 is 65.0 Å². The van der Waals surface area contributed by atoms with Crippen LogP contribution in [-0.4, -0.2) is 70.1 Å². The number of aliphatic hydroxyl groups excluding tert-OH is 1. The second-order valence-electron chi connectivity index (χ2n) is 6.41. The minimum absolute atomic E-state index is 0.254. The fraction of sp³-hybridized carbons (Fsp3) is 0.583. The van der Waals surface area contributed by atoms with E-state index in [1.165, 1.54) is 0 Å². The Morgan fingerprint density at radius 1 is 1.29 bits per heavy atom. The summed E-state index contributed by atoms with van der Waals surface area (Å²) in [6.07, 6.45) is -7.71. The molecular weight excluding hydrogens is 539 g/mol. The number of nitrogens with zero attached hydrogens (tertiary/aromatic N) is 3. The molecule has 1 aromatic rings. The summed E-state index contributed by atoms with van der Waals surface area (Å²) in [6.45, 7) is -0.510. The highest BCUT2D eigenvalue weighted by Crippen LogP contribution is 2.66. The molecule has 1 aliphatic rings. The molecule has 0 radical (unpaired) electrons. The van der Waals surface area contributed by atoms with Gasteiger partial charge in [0.05, 0.1) is 12.3 Å². The minimum atomic E-state index is -5.87. The van der Waals surface area contributed by atoms with Crippen molar-refractivity contribution in [1.29, 1.82) is 0 Å². The average Bonchev–Trinajstić information content (AvgIpc) is 2.88. The zero-order valence-electron chi connectivity index (χ0n) is 16.6. The summed E-state index contributed by atoms with van der Waals surface area (Å²) >= 11 is 0. The summed E-state index contributed by atoms with van der Waals surface area (Å²) in [4.78, 5) is 51.2. The fourth-order valence-corrected chi connectivity index (χ4v) is 5.91. The summed E-state index contributed by atoms with van der Waals surface area (Å²) in [7, 11) is -17.2. The van der Waals surface area contributed by atoms with Crippen LogP contribution in [0.25, 0.3) is 0 Å². The van der Waals surface area contributed by atoms with Crippen molar-refractivity contribution in [3.63, 3.8) is 0 Å². The highest BCUT2D eigenvalue weighted by atomic mass is 31.3. The quantitative estimate of drug-likeness (QED) is 0.164. The normalized spacial score (nSPS) is 29.5. The highest BCUT2D eigenvalue weighted by molar-refractivity contribution is 7.66. The van der Waals surface area contributed by atoms with Crippen LogP contribution < -0.4 is 11.4 Å². The molecule has 7 atom stereocenters. The average molecular weight is 556 g/mol. The van der Waals surface area contributed by atoms with E-state index in [0.717, 1.165) is 13.1 Å². The molecule has 1 fully saturated rings. The van der Waals surface area contributed by atoms with E-state index in [0.29, 0.717) is 0 Å². The van der Waals surface area contributed by atoms with Gasteiger partial charge >= 0.3 is 29.2 Å². The number of ether oxygens (including phenoxy) is 1. The molecule has 0 saturated carbocycles. The third-order valence-electron chi connectivity index (χ3n) is 3.87. The number of aromatic nitrogens is 3. The zero-order valence-corrected chi connectivity index (χ0v) is 19.3. The number of nitrogens with two attached hydrogens (primary N) is 1. The van der Waals surface area contributed by atoms with Crippen LogP contribution in [0.4, 0.5) is 14.6 Å². The van der Waals surface area contributed by atoms with Crippen LogP contribution in [-0.2, 0) is 31.6 Å². The minimum Gasteiger partial charge on any atom is -0.386 e. The first-order valence-corrected chi connectivity index (χ1v) is 13.0. The maximum Gasteiger partial charge on any atom is 0.490 e. The predicted octanol–water partition coefficient (Wildman–Crippen LogP) is -1.11. The van der Waals surface area contributed by atoms with Crippen LogP contribution in [0.2, 0.25) is 0 Å². The van der Waals surface area contributed by atoms with Crippen LogP contribution in [0.15, 0.2) is 11.0 Å². The Bertz CT molecular complexity index is 1180. The Kier molecular flexibility index (Phi) is 8.54. The van der Waals surface area contributed by atoms with Gasteiger partial charge in [-0.2, -0.15) is 23.4 Å². The Balaban J connectivity index is 2.34. The Labute approximate surface area is 187 Å². The summed E-state index contributed by atoms with van der Waals surface area (Å²) in [5.41, 5.74) is 0.751. The van der Waals surface area contributed by atoms with E-state index in [9.17, 15) is 37.8 Å². The topological polar surface area (TPSA) is 263 Å². The first-order valence-electron chi connectivity index (χ1n) is 8.53. The third kappa shape index (κ3) is 6.95. The predicted molar refractivity (Wildman–Crippen MR) is 103 cm³/mol. The van der Waals surface area contributed by atoms with Crippen molar-refractivity contribution in [1.82, 2.24) is 14.8 Å². The molecule has 192 valence electrons. The summed E-state index contributed by atoms with van der Waals surface area (Å²) in [6, 6.07) is 0. The molecule has 0 bridgehead atoms. The fourth-order valence-electron chi connectivity index (χ4n) is 2.71. The second kappa shape index (κ2) is 10.2. The molecule has 7 N–H and O–H groups in total. The van der Waals surface area contributed by atoms with Crippen molar-refractivity contribution in [2.75, 3.05) is 12.4 Å². The number of halogens is 2. The number of hydrogen-bond donors (Lipinski definition) is 6. The Hall–Kier alpha value is -1.64. The van der Waals surface area contributed by atoms with Gasteiger partial charge in [-0.3, -0.25) is 4.52 Å². The van der Waals surface area contributed by atoms with Crippen molar-refractivity contribution in [3.05, 3.63) is 16.7 Å². The molecule has 22 heteroatoms. The molecule has 0 amide bonds. The van der Waals surface area contributed by atoms with Gasteiger partial charge in [0, 0.05) is 0 Å². The molecule has 34 heavy (non-hydrogen) atoms. The SMILES string of the molecule is C[C@@H](OP(=O)(O)OP(=O)(O)OP(=O)(O)O)[C@H]1O[C@@H](n2ncc(N)nc2=O)C(F)(C#CCF)[C@H]1O. The monoisotopic (exact) mass is 556 g/mol. The van der Waals surface area contributed by atoms with E-state index in [2.05, 4.69) is 23.2 Å². The standard InChI is InChI=1S/C12H17F2N4O13P3/c1-6(29-33(24,25)31-34(26,27)30-32(21,22)23)8-9(19)12(14,3-2-4-13)10(28-8)18-11(20)17-7(15)5-16-18/h5-6,8-10,19H,4H2,1H3,(H,24,25)(H,26,27)(H2,15,17,20)(H2,21,22,23)/t6-,8-,9+,10-,12?/m1/s1. The summed E-state index contributed by atoms with van der Waals surface area (Å²) < 4.78 is 79.3. The van der Waals surface area contributed by atoms with Crippen LogP contribution in [0.1, 0.15) is 13.2 Å². The zero-order chi connectivity index (χ0) is 26.1. The van der Waals surface area contributed by atoms with E-state index in [4.69, 9.17) is 20.3 Å². The molecule has 0 aliphatic carbocycles. The van der Waals surface area contributed by atoms with Gasteiger partial charge < -0.3 is 35.2 Å². The van der Waals surface area contributed by atoms with Gasteiger partial charge in [-0.1, -0.05) is 11.8 Å². The second-order valence-corrected chi connectivity index (χ2v) is 10.8. The Morgan fingerprint density at radius 3 is 2.44 bits per heavy atom. The van der Waals surface area contributed by atoms with Crippen molar-refractivity contribution in [3.8, 4) is 11.8 Å². The summed E-state index contributed by atoms with van der Waals surface area (Å²) in [5.74, 6) is 3.06. The van der Waals surface area contributed by atoms with Gasteiger partial charge in [0.25, 0.3) is 0 Å². The molecule has 2 heterocycles.